The molecule has 2 fully saturated rings. The summed E-state index contributed by atoms with van der Waals surface area (Å²) < 4.78 is 7.13. The molecule has 2 aromatic carbocycles. The zero-order valence-electron chi connectivity index (χ0n) is 22.1. The molecule has 6 rings (SSSR count). The number of imide groups is 2. The maximum atomic E-state index is 14.4. The summed E-state index contributed by atoms with van der Waals surface area (Å²) in [7, 11) is 1.43. The maximum Gasteiger partial charge on any atom is 0.335 e. The third kappa shape index (κ3) is 4.34. The summed E-state index contributed by atoms with van der Waals surface area (Å²) in [6.45, 7) is 2.12. The lowest BCUT2D eigenvalue weighted by molar-refractivity contribution is -0.915. The molecule has 3 aliphatic rings. The van der Waals surface area contributed by atoms with E-state index in [1.165, 1.54) is 13.2 Å². The highest BCUT2D eigenvalue weighted by atomic mass is 16.5. The largest absolute Gasteiger partial charge is 0.504 e. The molecule has 3 N–H and O–H groups in total. The van der Waals surface area contributed by atoms with Crippen LogP contribution in [0.4, 0.5) is 10.5 Å². The third-order valence-corrected chi connectivity index (χ3v) is 8.46. The molecule has 4 atom stereocenters. The van der Waals surface area contributed by atoms with E-state index in [2.05, 4.69) is 5.32 Å². The molecule has 4 heterocycles. The minimum absolute atomic E-state index is 0.00718. The van der Waals surface area contributed by atoms with Crippen molar-refractivity contribution in [3.05, 3.63) is 88.3 Å². The monoisotopic (exact) mass is 543 g/mol. The van der Waals surface area contributed by atoms with E-state index in [4.69, 9.17) is 4.74 Å². The number of phenols is 1. The average molecular weight is 544 g/mol. The number of carbonyl (C=O) groups excluding carboxylic acids is 3. The Morgan fingerprint density at radius 2 is 1.82 bits per heavy atom. The fourth-order valence-corrected chi connectivity index (χ4v) is 6.73. The van der Waals surface area contributed by atoms with Crippen molar-refractivity contribution in [1.29, 1.82) is 0 Å². The molecule has 3 aliphatic heterocycles. The molecule has 40 heavy (non-hydrogen) atoms. The number of carbonyl (C=O) groups is 3. The summed E-state index contributed by atoms with van der Waals surface area (Å²) >= 11 is 0. The fourth-order valence-electron chi connectivity index (χ4n) is 6.73. The van der Waals surface area contributed by atoms with Gasteiger partial charge in [-0.25, -0.2) is 9.69 Å². The number of aromatic hydroxyl groups is 1. The second-order valence-corrected chi connectivity index (χ2v) is 11.0. The van der Waals surface area contributed by atoms with Gasteiger partial charge in [0.1, 0.15) is 6.54 Å². The number of quaternary nitrogens is 1. The number of urea groups is 1. The summed E-state index contributed by atoms with van der Waals surface area (Å²) in [4.78, 5) is 55.8. The minimum Gasteiger partial charge on any atom is -0.504 e. The molecule has 2 bridgehead atoms. The van der Waals surface area contributed by atoms with Gasteiger partial charge in [-0.1, -0.05) is 30.3 Å². The summed E-state index contributed by atoms with van der Waals surface area (Å²) in [6.07, 6.45) is 0.962. The van der Waals surface area contributed by atoms with Crippen LogP contribution in [0.25, 0.3) is 0 Å². The second-order valence-electron chi connectivity index (χ2n) is 11.0. The molecule has 0 radical (unpaired) electrons. The standard InChI is InChI=1S/C30H30N4O6/c1-40-25-13-19(10-11-24(25)35)14-30(27(37)31-29(39)34(28(30)38)22-6-3-2-4-7-22)18-32-15-20-12-21(17-32)23-8-5-9-26(36)33(23)16-20/h2-11,13,20-21,35H,12,14-18H2,1H3,(H,31,37,39)/p+1/t20-,21+,30+/m0/s1. The summed E-state index contributed by atoms with van der Waals surface area (Å²) in [5, 5.41) is 12.6. The lowest BCUT2D eigenvalue weighted by Crippen LogP contribution is -3.16. The Kier molecular flexibility index (Phi) is 6.42. The van der Waals surface area contributed by atoms with Crippen LogP contribution in [0.2, 0.25) is 0 Å². The first-order chi connectivity index (χ1) is 19.3. The van der Waals surface area contributed by atoms with Gasteiger partial charge in [-0.2, -0.15) is 0 Å². The van der Waals surface area contributed by atoms with Gasteiger partial charge in [-0.05, 0) is 42.3 Å². The normalized spacial score (nSPS) is 25.8. The molecule has 10 heteroatoms. The summed E-state index contributed by atoms with van der Waals surface area (Å²) in [5.74, 6) is -0.698. The van der Waals surface area contributed by atoms with Gasteiger partial charge in [-0.15, -0.1) is 0 Å². The van der Waals surface area contributed by atoms with E-state index >= 15 is 0 Å². The number of hydrogen-bond acceptors (Lipinski definition) is 6. The Bertz CT molecular complexity index is 1550. The third-order valence-electron chi connectivity index (χ3n) is 8.46. The number of piperidine rings is 1. The predicted octanol–water partition coefficient (Wildman–Crippen LogP) is 1.08. The number of nitrogens with zero attached hydrogens (tertiary/aromatic N) is 2. The van der Waals surface area contributed by atoms with Gasteiger partial charge >= 0.3 is 6.03 Å². The van der Waals surface area contributed by atoms with Crippen molar-refractivity contribution in [3.8, 4) is 11.5 Å². The molecule has 0 saturated carbocycles. The van der Waals surface area contributed by atoms with Crippen molar-refractivity contribution in [1.82, 2.24) is 9.88 Å². The van der Waals surface area contributed by atoms with Gasteiger partial charge in [-0.3, -0.25) is 19.7 Å². The van der Waals surface area contributed by atoms with E-state index < -0.39 is 23.3 Å². The van der Waals surface area contributed by atoms with Crippen LogP contribution in [0.5, 0.6) is 11.5 Å². The minimum atomic E-state index is -1.59. The quantitative estimate of drug-likeness (QED) is 0.400. The van der Waals surface area contributed by atoms with Crippen molar-refractivity contribution in [2.45, 2.75) is 25.3 Å². The predicted molar refractivity (Wildman–Crippen MR) is 145 cm³/mol. The van der Waals surface area contributed by atoms with Gasteiger partial charge in [0.2, 0.25) is 5.91 Å². The first kappa shape index (κ1) is 25.8. The highest BCUT2D eigenvalue weighted by Crippen LogP contribution is 2.36. The molecule has 206 valence electrons. The van der Waals surface area contributed by atoms with E-state index in [1.807, 2.05) is 10.6 Å². The van der Waals surface area contributed by atoms with Crippen LogP contribution in [0.3, 0.4) is 0 Å². The number of barbiturate groups is 1. The Labute approximate surface area is 230 Å². The van der Waals surface area contributed by atoms with E-state index in [1.54, 1.807) is 54.6 Å². The smallest absolute Gasteiger partial charge is 0.335 e. The van der Waals surface area contributed by atoms with Crippen LogP contribution in [-0.2, 0) is 22.6 Å². The number of likely N-dealkylation sites (tertiary alicyclic amines) is 1. The van der Waals surface area contributed by atoms with Crippen LogP contribution in [0, 0.1) is 11.3 Å². The maximum absolute atomic E-state index is 14.4. The van der Waals surface area contributed by atoms with Gasteiger partial charge in [0, 0.05) is 36.6 Å². The van der Waals surface area contributed by atoms with Crippen LogP contribution in [0.1, 0.15) is 23.6 Å². The lowest BCUT2D eigenvalue weighted by Gasteiger charge is -2.45. The summed E-state index contributed by atoms with van der Waals surface area (Å²) in [6, 6.07) is 17.9. The topological polar surface area (TPSA) is 122 Å². The number of para-hydroxylation sites is 1. The van der Waals surface area contributed by atoms with E-state index in [0.29, 0.717) is 30.9 Å². The van der Waals surface area contributed by atoms with Gasteiger partial charge in [0.25, 0.3) is 11.5 Å². The first-order valence-electron chi connectivity index (χ1n) is 13.4. The van der Waals surface area contributed by atoms with Crippen LogP contribution in [0.15, 0.2) is 71.5 Å². The summed E-state index contributed by atoms with van der Waals surface area (Å²) in [5.41, 5.74) is 0.382. The molecule has 1 aromatic heterocycles. The number of phenolic OH excluding ortho intramolecular Hbond substituents is 1. The molecular formula is C30H31N4O6+. The number of benzene rings is 2. The van der Waals surface area contributed by atoms with Crippen LogP contribution < -0.4 is 25.4 Å². The first-order valence-corrected chi connectivity index (χ1v) is 13.4. The molecule has 3 aromatic rings. The highest BCUT2D eigenvalue weighted by Gasteiger charge is 2.57. The van der Waals surface area contributed by atoms with Gasteiger partial charge in [0.05, 0.1) is 25.9 Å². The second kappa shape index (κ2) is 9.95. The number of fused-ring (bicyclic) bond motifs is 4. The number of rotatable bonds is 6. The number of amides is 4. The lowest BCUT2D eigenvalue weighted by atomic mass is 9.75. The number of nitrogens with one attached hydrogen (secondary N) is 2. The molecular weight excluding hydrogens is 512 g/mol. The molecule has 10 nitrogen and oxygen atoms in total. The van der Waals surface area contributed by atoms with Crippen molar-refractivity contribution in [3.63, 3.8) is 0 Å². The zero-order valence-corrected chi connectivity index (χ0v) is 22.1. The SMILES string of the molecule is COc1cc(C[C@@]2(C[NH+]3C[C@@H]4C[C@H](C3)c3cccc(=O)n3C4)C(=O)NC(=O)N(c3ccccc3)C2=O)ccc1O. The van der Waals surface area contributed by atoms with Crippen molar-refractivity contribution in [2.24, 2.45) is 11.3 Å². The van der Waals surface area contributed by atoms with E-state index in [0.717, 1.165) is 21.9 Å². The zero-order chi connectivity index (χ0) is 28.0. The van der Waals surface area contributed by atoms with Gasteiger partial charge < -0.3 is 19.3 Å². The Morgan fingerprint density at radius 1 is 1.02 bits per heavy atom. The fraction of sp³-hybridized carbons (Fsp3) is 0.333. The number of ether oxygens (including phenoxy) is 1. The van der Waals surface area contributed by atoms with Crippen molar-refractivity contribution < 1.29 is 29.1 Å². The molecule has 2 saturated heterocycles. The molecule has 4 amide bonds. The van der Waals surface area contributed by atoms with Crippen molar-refractivity contribution in [2.75, 3.05) is 31.6 Å². The highest BCUT2D eigenvalue weighted by molar-refractivity contribution is 6.30. The Balaban J connectivity index is 1.39. The van der Waals surface area contributed by atoms with Gasteiger partial charge in [0.15, 0.2) is 16.9 Å². The van der Waals surface area contributed by atoms with Crippen LogP contribution in [-0.4, -0.2) is 54.3 Å². The van der Waals surface area contributed by atoms with E-state index in [9.17, 15) is 24.3 Å². The van der Waals surface area contributed by atoms with Crippen molar-refractivity contribution >= 4 is 23.5 Å². The van der Waals surface area contributed by atoms with Crippen LogP contribution >= 0.6 is 0 Å². The number of anilines is 1. The molecule has 1 unspecified atom stereocenters. The molecule has 0 aliphatic carbocycles. The Hall–Kier alpha value is -4.44. The number of methoxy groups -OCH3 is 1. The Morgan fingerprint density at radius 3 is 2.60 bits per heavy atom. The number of aromatic nitrogens is 1. The number of hydrogen-bond donors (Lipinski definition) is 3. The van der Waals surface area contributed by atoms with E-state index in [-0.39, 0.29) is 41.9 Å². The average Bonchev–Trinajstić information content (AvgIpc) is 2.94. The molecule has 0 spiro atoms. The number of pyridine rings is 1.